The molecule has 0 aromatic rings. The molecule has 2 atom stereocenters. The number of nitrogens with zero attached hydrogens (tertiary/aromatic N) is 1. The van der Waals surface area contributed by atoms with Gasteiger partial charge < -0.3 is 5.73 Å². The first-order valence-electron chi connectivity index (χ1n) is 5.29. The molecule has 0 bridgehead atoms. The third-order valence-corrected chi connectivity index (χ3v) is 6.54. The first kappa shape index (κ1) is 14.2. The Morgan fingerprint density at radius 3 is 2.75 bits per heavy atom. The zero-order valence-electron chi connectivity index (χ0n) is 9.55. The highest BCUT2D eigenvalue weighted by Gasteiger charge is 2.35. The van der Waals surface area contributed by atoms with E-state index in [9.17, 15) is 8.42 Å². The number of thiocarbonyl (C=S) groups is 1. The van der Waals surface area contributed by atoms with Crippen molar-refractivity contribution in [3.8, 4) is 0 Å². The minimum Gasteiger partial charge on any atom is -0.392 e. The lowest BCUT2D eigenvalue weighted by Crippen LogP contribution is -2.48. The van der Waals surface area contributed by atoms with Crippen molar-refractivity contribution in [1.29, 1.82) is 0 Å². The van der Waals surface area contributed by atoms with E-state index in [2.05, 4.69) is 0 Å². The van der Waals surface area contributed by atoms with Gasteiger partial charge in [-0.3, -0.25) is 0 Å². The number of rotatable bonds is 4. The first-order chi connectivity index (χ1) is 7.39. The second kappa shape index (κ2) is 5.66. The lowest BCUT2D eigenvalue weighted by Gasteiger charge is -2.32. The summed E-state index contributed by atoms with van der Waals surface area (Å²) >= 11 is 6.63. The second-order valence-corrected chi connectivity index (χ2v) is 8.02. The Kier molecular flexibility index (Phi) is 5.03. The summed E-state index contributed by atoms with van der Waals surface area (Å²) in [7, 11) is -3.35. The van der Waals surface area contributed by atoms with Crippen molar-refractivity contribution in [3.63, 3.8) is 0 Å². The maximum Gasteiger partial charge on any atom is 0.223 e. The minimum atomic E-state index is -3.35. The Balaban J connectivity index is 2.87. The van der Waals surface area contributed by atoms with Crippen LogP contribution >= 0.6 is 24.0 Å². The summed E-state index contributed by atoms with van der Waals surface area (Å²) in [5, 5.41) is -0.370. The molecule has 0 aliphatic carbocycles. The highest BCUT2D eigenvalue weighted by atomic mass is 32.2. The molecular weight excluding hydrogens is 264 g/mol. The van der Waals surface area contributed by atoms with Crippen molar-refractivity contribution in [2.75, 3.05) is 18.8 Å². The van der Waals surface area contributed by atoms with E-state index in [0.29, 0.717) is 24.8 Å². The molecule has 2 N–H and O–H groups in total. The molecule has 7 heteroatoms. The molecule has 1 saturated heterocycles. The summed E-state index contributed by atoms with van der Waals surface area (Å²) < 4.78 is 26.0. The van der Waals surface area contributed by atoms with Crippen molar-refractivity contribution in [2.24, 2.45) is 5.73 Å². The van der Waals surface area contributed by atoms with Gasteiger partial charge in [0.05, 0.1) is 4.99 Å². The fourth-order valence-corrected chi connectivity index (χ4v) is 5.36. The van der Waals surface area contributed by atoms with E-state index < -0.39 is 15.3 Å². The third kappa shape index (κ3) is 3.09. The molecule has 1 aliphatic rings. The fraction of sp³-hybridized carbons (Fsp3) is 0.889. The van der Waals surface area contributed by atoms with Gasteiger partial charge in [0.15, 0.2) is 0 Å². The monoisotopic (exact) mass is 282 g/mol. The molecule has 1 aliphatic heterocycles. The first-order valence-corrected chi connectivity index (χ1v) is 8.25. The van der Waals surface area contributed by atoms with Crippen LogP contribution in [0.1, 0.15) is 20.3 Å². The third-order valence-electron chi connectivity index (χ3n) is 2.61. The van der Waals surface area contributed by atoms with E-state index in [1.54, 1.807) is 18.7 Å². The Morgan fingerprint density at radius 2 is 2.31 bits per heavy atom. The second-order valence-electron chi connectivity index (χ2n) is 3.88. The summed E-state index contributed by atoms with van der Waals surface area (Å²) in [4.78, 5) is 0.0772. The highest BCUT2D eigenvalue weighted by Crippen LogP contribution is 2.23. The largest absolute Gasteiger partial charge is 0.392 e. The van der Waals surface area contributed by atoms with Gasteiger partial charge >= 0.3 is 0 Å². The molecule has 2 unspecified atom stereocenters. The van der Waals surface area contributed by atoms with Crippen LogP contribution in [0.15, 0.2) is 0 Å². The quantitative estimate of drug-likeness (QED) is 0.773. The van der Waals surface area contributed by atoms with Crippen LogP contribution in [0.3, 0.4) is 0 Å². The van der Waals surface area contributed by atoms with Crippen LogP contribution < -0.4 is 5.73 Å². The van der Waals surface area contributed by atoms with Crippen LogP contribution in [0.4, 0.5) is 0 Å². The van der Waals surface area contributed by atoms with E-state index in [1.807, 2.05) is 6.92 Å². The van der Waals surface area contributed by atoms with Crippen LogP contribution in [0.5, 0.6) is 0 Å². The molecule has 4 nitrogen and oxygen atoms in total. The van der Waals surface area contributed by atoms with Gasteiger partial charge in [-0.25, -0.2) is 8.42 Å². The van der Waals surface area contributed by atoms with E-state index in [0.717, 1.165) is 5.75 Å². The van der Waals surface area contributed by atoms with Gasteiger partial charge in [0.2, 0.25) is 10.0 Å². The minimum absolute atomic E-state index is 0.0772. The Labute approximate surface area is 107 Å². The van der Waals surface area contributed by atoms with E-state index >= 15 is 0 Å². The van der Waals surface area contributed by atoms with Crippen molar-refractivity contribution in [3.05, 3.63) is 0 Å². The lowest BCUT2D eigenvalue weighted by molar-refractivity contribution is 0.420. The SMILES string of the molecule is CCC(C(N)=S)S(=O)(=O)N1CCSC(C)C1. The van der Waals surface area contributed by atoms with Gasteiger partial charge in [-0.1, -0.05) is 26.1 Å². The standard InChI is InChI=1S/C9H18N2O2S3/c1-3-8(9(10)14)16(12,13)11-4-5-15-7(2)6-11/h7-8H,3-6H2,1-2H3,(H2,10,14). The van der Waals surface area contributed by atoms with Crippen molar-refractivity contribution < 1.29 is 8.42 Å². The van der Waals surface area contributed by atoms with Gasteiger partial charge in [-0.05, 0) is 6.42 Å². The lowest BCUT2D eigenvalue weighted by atomic mass is 10.3. The molecule has 0 amide bonds. The van der Waals surface area contributed by atoms with Crippen molar-refractivity contribution >= 4 is 39.0 Å². The van der Waals surface area contributed by atoms with Gasteiger partial charge in [0, 0.05) is 24.1 Å². The number of sulfonamides is 1. The molecule has 1 heterocycles. The summed E-state index contributed by atoms with van der Waals surface area (Å²) in [5.74, 6) is 0.841. The highest BCUT2D eigenvalue weighted by molar-refractivity contribution is 8.00. The normalized spacial score (nSPS) is 25.2. The van der Waals surface area contributed by atoms with Crippen LogP contribution in [0.25, 0.3) is 0 Å². The Bertz CT molecular complexity index is 356. The molecule has 16 heavy (non-hydrogen) atoms. The summed E-state index contributed by atoms with van der Waals surface area (Å²) in [6, 6.07) is 0. The van der Waals surface area contributed by atoms with Gasteiger partial charge in [-0.2, -0.15) is 16.1 Å². The summed E-state index contributed by atoms with van der Waals surface area (Å²) in [6.07, 6.45) is 0.440. The smallest absolute Gasteiger partial charge is 0.223 e. The van der Waals surface area contributed by atoms with Gasteiger partial charge in [-0.15, -0.1) is 0 Å². The molecule has 1 fully saturated rings. The van der Waals surface area contributed by atoms with Crippen LogP contribution in [0, 0.1) is 0 Å². The predicted molar refractivity (Wildman–Crippen MR) is 73.3 cm³/mol. The van der Waals surface area contributed by atoms with E-state index in [4.69, 9.17) is 18.0 Å². The molecule has 1 rings (SSSR count). The van der Waals surface area contributed by atoms with Crippen molar-refractivity contribution in [1.82, 2.24) is 4.31 Å². The number of hydrogen-bond donors (Lipinski definition) is 1. The van der Waals surface area contributed by atoms with Crippen LogP contribution in [-0.2, 0) is 10.0 Å². The van der Waals surface area contributed by atoms with Gasteiger partial charge in [0.1, 0.15) is 5.25 Å². The topological polar surface area (TPSA) is 63.4 Å². The molecule has 0 spiro atoms. The number of thioether (sulfide) groups is 1. The molecule has 0 saturated carbocycles. The molecule has 0 aromatic heterocycles. The van der Waals surface area contributed by atoms with Crippen molar-refractivity contribution in [2.45, 2.75) is 30.8 Å². The van der Waals surface area contributed by atoms with E-state index in [-0.39, 0.29) is 4.99 Å². The average Bonchev–Trinajstić information content (AvgIpc) is 2.17. The molecule has 0 radical (unpaired) electrons. The summed E-state index contributed by atoms with van der Waals surface area (Å²) in [6.45, 7) is 4.96. The number of nitrogens with two attached hydrogens (primary N) is 1. The zero-order chi connectivity index (χ0) is 12.3. The average molecular weight is 282 g/mol. The fourth-order valence-electron chi connectivity index (χ4n) is 1.76. The molecule has 94 valence electrons. The summed E-state index contributed by atoms with van der Waals surface area (Å²) in [5.41, 5.74) is 5.50. The maximum absolute atomic E-state index is 12.3. The Morgan fingerprint density at radius 1 is 1.69 bits per heavy atom. The predicted octanol–water partition coefficient (Wildman–Crippen LogP) is 0.818. The van der Waals surface area contributed by atoms with Crippen LogP contribution in [-0.4, -0.2) is 47.1 Å². The Hall–Kier alpha value is 0.150. The zero-order valence-corrected chi connectivity index (χ0v) is 12.0. The van der Waals surface area contributed by atoms with E-state index in [1.165, 1.54) is 4.31 Å². The molecule has 0 aromatic carbocycles. The van der Waals surface area contributed by atoms with Crippen LogP contribution in [0.2, 0.25) is 0 Å². The number of hydrogen-bond acceptors (Lipinski definition) is 4. The molecular formula is C9H18N2O2S3. The maximum atomic E-state index is 12.3. The van der Waals surface area contributed by atoms with Gasteiger partial charge in [0.25, 0.3) is 0 Å².